The van der Waals surface area contributed by atoms with Gasteiger partial charge in [0, 0.05) is 13.1 Å². The maximum Gasteiger partial charge on any atom is 0.397 e. The molecule has 0 radical (unpaired) electrons. The smallest absolute Gasteiger partial charge is 0.348 e. The first-order valence-electron chi connectivity index (χ1n) is 8.15. The van der Waals surface area contributed by atoms with Crippen LogP contribution >= 0.6 is 0 Å². The Bertz CT molecular complexity index is 782. The number of hydrogen-bond acceptors (Lipinski definition) is 5. The standard InChI is InChI=1S/C18H22N2O5S/c21-18(13-15-7-3-1-4-8-15)20-17(16-9-5-2-6-10-16)14-19-11-12-25-26(22,23)24/h1-10,17,19H,11-14H2,(H,20,21)(H,22,23,24). The Morgan fingerprint density at radius 1 is 1.04 bits per heavy atom. The van der Waals surface area contributed by atoms with E-state index in [1.807, 2.05) is 60.7 Å². The summed E-state index contributed by atoms with van der Waals surface area (Å²) in [5.41, 5.74) is 1.85. The Hall–Kier alpha value is -2.26. The van der Waals surface area contributed by atoms with E-state index in [2.05, 4.69) is 14.8 Å². The van der Waals surface area contributed by atoms with Crippen LogP contribution in [0.15, 0.2) is 60.7 Å². The molecule has 1 amide bonds. The Kier molecular flexibility index (Phi) is 7.73. The fourth-order valence-electron chi connectivity index (χ4n) is 2.43. The summed E-state index contributed by atoms with van der Waals surface area (Å²) >= 11 is 0. The van der Waals surface area contributed by atoms with E-state index >= 15 is 0 Å². The molecule has 2 rings (SSSR count). The third kappa shape index (κ3) is 7.75. The minimum Gasteiger partial charge on any atom is -0.348 e. The van der Waals surface area contributed by atoms with Gasteiger partial charge in [-0.15, -0.1) is 0 Å². The van der Waals surface area contributed by atoms with Crippen LogP contribution in [-0.4, -0.2) is 38.6 Å². The molecule has 0 saturated heterocycles. The minimum atomic E-state index is -4.44. The lowest BCUT2D eigenvalue weighted by molar-refractivity contribution is -0.121. The van der Waals surface area contributed by atoms with Crippen LogP contribution in [0.2, 0.25) is 0 Å². The van der Waals surface area contributed by atoms with E-state index in [4.69, 9.17) is 4.55 Å². The molecule has 0 heterocycles. The van der Waals surface area contributed by atoms with Crippen molar-refractivity contribution in [3.63, 3.8) is 0 Å². The van der Waals surface area contributed by atoms with Crippen LogP contribution in [0.1, 0.15) is 17.2 Å². The first-order chi connectivity index (χ1) is 12.4. The molecule has 0 aromatic heterocycles. The zero-order valence-corrected chi connectivity index (χ0v) is 15.0. The van der Waals surface area contributed by atoms with Crippen molar-refractivity contribution in [3.8, 4) is 0 Å². The van der Waals surface area contributed by atoms with E-state index in [0.29, 0.717) is 6.54 Å². The predicted molar refractivity (Wildman–Crippen MR) is 97.8 cm³/mol. The van der Waals surface area contributed by atoms with Crippen molar-refractivity contribution in [2.75, 3.05) is 19.7 Å². The van der Waals surface area contributed by atoms with Gasteiger partial charge in [0.15, 0.2) is 0 Å². The van der Waals surface area contributed by atoms with Gasteiger partial charge >= 0.3 is 10.4 Å². The van der Waals surface area contributed by atoms with Gasteiger partial charge in [-0.1, -0.05) is 60.7 Å². The number of amides is 1. The first kappa shape index (κ1) is 20.1. The van der Waals surface area contributed by atoms with E-state index in [0.717, 1.165) is 11.1 Å². The molecule has 1 unspecified atom stereocenters. The number of benzene rings is 2. The highest BCUT2D eigenvalue weighted by atomic mass is 32.3. The van der Waals surface area contributed by atoms with E-state index in [9.17, 15) is 13.2 Å². The summed E-state index contributed by atoms with van der Waals surface area (Å²) in [6.45, 7) is 0.398. The molecule has 0 fully saturated rings. The van der Waals surface area contributed by atoms with Crippen molar-refractivity contribution in [3.05, 3.63) is 71.8 Å². The molecule has 0 aliphatic heterocycles. The maximum atomic E-state index is 12.3. The van der Waals surface area contributed by atoms with Crippen LogP contribution in [0.5, 0.6) is 0 Å². The Morgan fingerprint density at radius 3 is 2.27 bits per heavy atom. The van der Waals surface area contributed by atoms with Crippen LogP contribution in [0.4, 0.5) is 0 Å². The zero-order valence-electron chi connectivity index (χ0n) is 14.2. The summed E-state index contributed by atoms with van der Waals surface area (Å²) < 4.78 is 33.8. The number of rotatable bonds is 10. The van der Waals surface area contributed by atoms with Gasteiger partial charge in [-0.25, -0.2) is 4.18 Å². The molecule has 3 N–H and O–H groups in total. The molecule has 0 bridgehead atoms. The summed E-state index contributed by atoms with van der Waals surface area (Å²) in [7, 11) is -4.44. The van der Waals surface area contributed by atoms with Crippen molar-refractivity contribution in [2.24, 2.45) is 0 Å². The molecule has 0 aliphatic rings. The summed E-state index contributed by atoms with van der Waals surface area (Å²) in [6, 6.07) is 18.6. The van der Waals surface area contributed by atoms with E-state index < -0.39 is 10.4 Å². The predicted octanol–water partition coefficient (Wildman–Crippen LogP) is 1.50. The molecular weight excluding hydrogens is 356 g/mol. The fraction of sp³-hybridized carbons (Fsp3) is 0.278. The van der Waals surface area contributed by atoms with Gasteiger partial charge in [-0.3, -0.25) is 9.35 Å². The molecule has 2 aromatic rings. The van der Waals surface area contributed by atoms with Crippen molar-refractivity contribution in [1.82, 2.24) is 10.6 Å². The fourth-order valence-corrected chi connectivity index (χ4v) is 2.72. The van der Waals surface area contributed by atoms with Crippen molar-refractivity contribution < 1.29 is 21.9 Å². The van der Waals surface area contributed by atoms with Gasteiger partial charge in [0.05, 0.1) is 19.1 Å². The van der Waals surface area contributed by atoms with Crippen LogP contribution < -0.4 is 10.6 Å². The highest BCUT2D eigenvalue weighted by Gasteiger charge is 2.14. The lowest BCUT2D eigenvalue weighted by Gasteiger charge is -2.20. The van der Waals surface area contributed by atoms with Gasteiger partial charge in [0.2, 0.25) is 5.91 Å². The SMILES string of the molecule is O=C(Cc1ccccc1)NC(CNCCOS(=O)(=O)O)c1ccccc1. The summed E-state index contributed by atoms with van der Waals surface area (Å²) in [5, 5.41) is 5.99. The molecule has 0 aliphatic carbocycles. The lowest BCUT2D eigenvalue weighted by Crippen LogP contribution is -2.37. The highest BCUT2D eigenvalue weighted by Crippen LogP contribution is 2.12. The molecule has 7 nitrogen and oxygen atoms in total. The number of carbonyl (C=O) groups is 1. The van der Waals surface area contributed by atoms with E-state index in [1.165, 1.54) is 0 Å². The van der Waals surface area contributed by atoms with E-state index in [1.54, 1.807) is 0 Å². The Labute approximate surface area is 153 Å². The van der Waals surface area contributed by atoms with Crippen molar-refractivity contribution in [1.29, 1.82) is 0 Å². The Morgan fingerprint density at radius 2 is 1.65 bits per heavy atom. The van der Waals surface area contributed by atoms with Gasteiger partial charge < -0.3 is 10.6 Å². The number of hydrogen-bond donors (Lipinski definition) is 3. The molecule has 1 atom stereocenters. The van der Waals surface area contributed by atoms with Crippen LogP contribution in [0, 0.1) is 0 Å². The van der Waals surface area contributed by atoms with Gasteiger partial charge in [0.25, 0.3) is 0 Å². The number of nitrogens with one attached hydrogen (secondary N) is 2. The second-order valence-electron chi connectivity index (χ2n) is 5.65. The molecule has 140 valence electrons. The second-order valence-corrected chi connectivity index (χ2v) is 6.74. The third-order valence-corrected chi connectivity index (χ3v) is 4.07. The van der Waals surface area contributed by atoms with E-state index in [-0.39, 0.29) is 31.5 Å². The third-order valence-electron chi connectivity index (χ3n) is 3.60. The maximum absolute atomic E-state index is 12.3. The average molecular weight is 378 g/mol. The highest BCUT2D eigenvalue weighted by molar-refractivity contribution is 7.80. The minimum absolute atomic E-state index is 0.110. The molecule has 0 spiro atoms. The Balaban J connectivity index is 1.90. The molecular formula is C18H22N2O5S. The largest absolute Gasteiger partial charge is 0.397 e. The van der Waals surface area contributed by atoms with Gasteiger partial charge in [0.1, 0.15) is 0 Å². The van der Waals surface area contributed by atoms with Gasteiger partial charge in [-0.2, -0.15) is 8.42 Å². The van der Waals surface area contributed by atoms with Crippen LogP contribution in [0.25, 0.3) is 0 Å². The van der Waals surface area contributed by atoms with Crippen molar-refractivity contribution >= 4 is 16.3 Å². The first-order valence-corrected chi connectivity index (χ1v) is 9.51. The summed E-state index contributed by atoms with van der Waals surface area (Å²) in [6.07, 6.45) is 0.274. The van der Waals surface area contributed by atoms with Crippen LogP contribution in [-0.2, 0) is 25.8 Å². The summed E-state index contributed by atoms with van der Waals surface area (Å²) in [4.78, 5) is 12.3. The lowest BCUT2D eigenvalue weighted by atomic mass is 10.1. The van der Waals surface area contributed by atoms with Gasteiger partial charge in [-0.05, 0) is 11.1 Å². The zero-order chi connectivity index (χ0) is 18.8. The molecule has 26 heavy (non-hydrogen) atoms. The molecule has 0 saturated carbocycles. The summed E-state index contributed by atoms with van der Waals surface area (Å²) in [5.74, 6) is -0.110. The quantitative estimate of drug-likeness (QED) is 0.427. The van der Waals surface area contributed by atoms with Crippen molar-refractivity contribution in [2.45, 2.75) is 12.5 Å². The molecule has 2 aromatic carbocycles. The number of carbonyl (C=O) groups excluding carboxylic acids is 1. The average Bonchev–Trinajstić information content (AvgIpc) is 2.61. The normalized spacial score (nSPS) is 12.5. The van der Waals surface area contributed by atoms with Crippen LogP contribution in [0.3, 0.4) is 0 Å². The monoisotopic (exact) mass is 378 g/mol. The topological polar surface area (TPSA) is 105 Å². The molecule has 8 heteroatoms. The second kappa shape index (κ2) is 10.0.